The molecule has 0 aliphatic heterocycles. The second-order valence-electron chi connectivity index (χ2n) is 8.14. The van der Waals surface area contributed by atoms with Crippen LogP contribution in [0.4, 0.5) is 0 Å². The summed E-state index contributed by atoms with van der Waals surface area (Å²) in [6, 6.07) is 18.9. The number of hydrogen-bond acceptors (Lipinski definition) is 3. The first-order valence-corrected chi connectivity index (χ1v) is 10.1. The van der Waals surface area contributed by atoms with Crippen LogP contribution in [-0.4, -0.2) is 23.6 Å². The molecule has 0 radical (unpaired) electrons. The van der Waals surface area contributed by atoms with Crippen molar-refractivity contribution in [3.05, 3.63) is 93.4 Å². The highest BCUT2D eigenvalue weighted by Crippen LogP contribution is 2.51. The van der Waals surface area contributed by atoms with E-state index in [1.165, 1.54) is 6.07 Å². The predicted octanol–water partition coefficient (Wildman–Crippen LogP) is 3.92. The number of nitrogens with zero attached hydrogens (tertiary/aromatic N) is 1. The molecule has 2 unspecified atom stereocenters. The van der Waals surface area contributed by atoms with E-state index >= 15 is 0 Å². The van der Waals surface area contributed by atoms with Crippen molar-refractivity contribution < 1.29 is 9.53 Å². The summed E-state index contributed by atoms with van der Waals surface area (Å²) in [5.41, 5.74) is 3.41. The van der Waals surface area contributed by atoms with E-state index in [0.29, 0.717) is 16.8 Å². The molecule has 1 aromatic heterocycles. The molecule has 1 heterocycles. The summed E-state index contributed by atoms with van der Waals surface area (Å²) in [5, 5.41) is 3.18. The van der Waals surface area contributed by atoms with Gasteiger partial charge in [-0.1, -0.05) is 43.3 Å². The molecule has 5 heteroatoms. The standard InChI is InChI=1S/C25H26N2O3/c1-16-14-22(28)27(18-10-6-5-7-11-18)17(2)23(16)24(29)26-21-15-25(21,3)19-12-8-9-13-20(19)30-4/h5-14,21H,15H2,1-4H3,(H,26,29). The first-order valence-electron chi connectivity index (χ1n) is 10.1. The van der Waals surface area contributed by atoms with Crippen LogP contribution in [-0.2, 0) is 5.41 Å². The second kappa shape index (κ2) is 7.48. The SMILES string of the molecule is COc1ccccc1C1(C)CC1NC(=O)c1c(C)cc(=O)n(-c2ccccc2)c1C. The summed E-state index contributed by atoms with van der Waals surface area (Å²) in [7, 11) is 1.66. The van der Waals surface area contributed by atoms with E-state index in [-0.39, 0.29) is 22.9 Å². The molecule has 1 saturated carbocycles. The predicted molar refractivity (Wildman–Crippen MR) is 118 cm³/mol. The van der Waals surface area contributed by atoms with Crippen LogP contribution in [0.1, 0.15) is 40.5 Å². The van der Waals surface area contributed by atoms with Crippen LogP contribution < -0.4 is 15.6 Å². The van der Waals surface area contributed by atoms with Crippen molar-refractivity contribution in [2.75, 3.05) is 7.11 Å². The molecule has 1 N–H and O–H groups in total. The van der Waals surface area contributed by atoms with E-state index in [0.717, 1.165) is 23.4 Å². The maximum atomic E-state index is 13.2. The number of carbonyl (C=O) groups excluding carboxylic acids is 1. The number of methoxy groups -OCH3 is 1. The smallest absolute Gasteiger partial charge is 0.255 e. The van der Waals surface area contributed by atoms with Crippen LogP contribution >= 0.6 is 0 Å². The van der Waals surface area contributed by atoms with E-state index in [1.807, 2.05) is 62.4 Å². The topological polar surface area (TPSA) is 60.3 Å². The Labute approximate surface area is 176 Å². The minimum atomic E-state index is -0.169. The molecule has 5 nitrogen and oxygen atoms in total. The molecular formula is C25H26N2O3. The number of benzene rings is 2. The quantitative estimate of drug-likeness (QED) is 0.704. The van der Waals surface area contributed by atoms with Crippen molar-refractivity contribution in [1.29, 1.82) is 0 Å². The maximum Gasteiger partial charge on any atom is 0.255 e. The van der Waals surface area contributed by atoms with E-state index in [2.05, 4.69) is 18.3 Å². The lowest BCUT2D eigenvalue weighted by atomic mass is 9.96. The molecule has 154 valence electrons. The van der Waals surface area contributed by atoms with Crippen molar-refractivity contribution in [2.45, 2.75) is 38.6 Å². The minimum Gasteiger partial charge on any atom is -0.496 e. The van der Waals surface area contributed by atoms with Crippen LogP contribution in [0.25, 0.3) is 5.69 Å². The number of aryl methyl sites for hydroxylation is 1. The van der Waals surface area contributed by atoms with Crippen molar-refractivity contribution >= 4 is 5.91 Å². The molecule has 1 aliphatic rings. The Kier molecular flexibility index (Phi) is 4.98. The van der Waals surface area contributed by atoms with Gasteiger partial charge in [-0.3, -0.25) is 14.2 Å². The van der Waals surface area contributed by atoms with Crippen LogP contribution in [0, 0.1) is 13.8 Å². The fraction of sp³-hybridized carbons (Fsp3) is 0.280. The number of carbonyl (C=O) groups is 1. The van der Waals surface area contributed by atoms with Crippen molar-refractivity contribution in [2.24, 2.45) is 0 Å². The average Bonchev–Trinajstić information content (AvgIpc) is 3.38. The Morgan fingerprint density at radius 2 is 1.77 bits per heavy atom. The van der Waals surface area contributed by atoms with Gasteiger partial charge in [-0.25, -0.2) is 0 Å². The second-order valence-corrected chi connectivity index (χ2v) is 8.14. The van der Waals surface area contributed by atoms with E-state index < -0.39 is 0 Å². The molecule has 30 heavy (non-hydrogen) atoms. The molecule has 3 aromatic rings. The number of para-hydroxylation sites is 2. The lowest BCUT2D eigenvalue weighted by molar-refractivity contribution is 0.0946. The van der Waals surface area contributed by atoms with Gasteiger partial charge >= 0.3 is 0 Å². The van der Waals surface area contributed by atoms with Crippen molar-refractivity contribution in [3.8, 4) is 11.4 Å². The zero-order valence-corrected chi connectivity index (χ0v) is 17.7. The monoisotopic (exact) mass is 402 g/mol. The molecule has 1 amide bonds. The van der Waals surface area contributed by atoms with Gasteiger partial charge in [-0.2, -0.15) is 0 Å². The highest BCUT2D eigenvalue weighted by atomic mass is 16.5. The first-order chi connectivity index (χ1) is 14.4. The Hall–Kier alpha value is -3.34. The summed E-state index contributed by atoms with van der Waals surface area (Å²) < 4.78 is 7.11. The van der Waals surface area contributed by atoms with Gasteiger partial charge in [-0.05, 0) is 44.0 Å². The average molecular weight is 402 g/mol. The number of rotatable bonds is 5. The molecule has 0 spiro atoms. The third-order valence-electron chi connectivity index (χ3n) is 6.16. The van der Waals surface area contributed by atoms with Gasteiger partial charge in [0.15, 0.2) is 0 Å². The summed E-state index contributed by atoms with van der Waals surface area (Å²) in [5.74, 6) is 0.681. The maximum absolute atomic E-state index is 13.2. The van der Waals surface area contributed by atoms with Crippen LogP contribution in [0.15, 0.2) is 65.5 Å². The third-order valence-corrected chi connectivity index (χ3v) is 6.16. The van der Waals surface area contributed by atoms with Crippen molar-refractivity contribution in [3.63, 3.8) is 0 Å². The number of hydrogen-bond donors (Lipinski definition) is 1. The molecule has 0 saturated heterocycles. The molecule has 4 rings (SSSR count). The van der Waals surface area contributed by atoms with Gasteiger partial charge in [-0.15, -0.1) is 0 Å². The zero-order chi connectivity index (χ0) is 21.5. The third kappa shape index (κ3) is 3.30. The van der Waals surface area contributed by atoms with Gasteiger partial charge in [0, 0.05) is 34.5 Å². The fourth-order valence-corrected chi connectivity index (χ4v) is 4.35. The summed E-state index contributed by atoms with van der Waals surface area (Å²) in [6.45, 7) is 5.77. The van der Waals surface area contributed by atoms with Gasteiger partial charge in [0.25, 0.3) is 11.5 Å². The normalized spacial score (nSPS) is 19.9. The fourth-order valence-electron chi connectivity index (χ4n) is 4.35. The Morgan fingerprint density at radius 1 is 1.10 bits per heavy atom. The van der Waals surface area contributed by atoms with Gasteiger partial charge in [0.05, 0.1) is 12.7 Å². The molecule has 0 bridgehead atoms. The summed E-state index contributed by atoms with van der Waals surface area (Å²) in [6.07, 6.45) is 0.843. The lowest BCUT2D eigenvalue weighted by Crippen LogP contribution is -2.33. The van der Waals surface area contributed by atoms with Crippen molar-refractivity contribution in [1.82, 2.24) is 9.88 Å². The summed E-state index contributed by atoms with van der Waals surface area (Å²) in [4.78, 5) is 25.9. The minimum absolute atomic E-state index is 0.0113. The number of nitrogens with one attached hydrogen (secondary N) is 1. The first kappa shape index (κ1) is 20.0. The van der Waals surface area contributed by atoms with Gasteiger partial charge in [0.2, 0.25) is 0 Å². The number of ether oxygens (including phenoxy) is 1. The van der Waals surface area contributed by atoms with Crippen LogP contribution in [0.5, 0.6) is 5.75 Å². The number of pyridine rings is 1. The largest absolute Gasteiger partial charge is 0.496 e. The zero-order valence-electron chi connectivity index (χ0n) is 17.7. The van der Waals surface area contributed by atoms with E-state index in [4.69, 9.17) is 4.74 Å². The lowest BCUT2D eigenvalue weighted by Gasteiger charge is -2.19. The molecule has 2 aromatic carbocycles. The van der Waals surface area contributed by atoms with Gasteiger partial charge < -0.3 is 10.1 Å². The highest BCUT2D eigenvalue weighted by Gasteiger charge is 2.53. The van der Waals surface area contributed by atoms with Gasteiger partial charge in [0.1, 0.15) is 5.75 Å². The Morgan fingerprint density at radius 3 is 2.47 bits per heavy atom. The molecule has 1 fully saturated rings. The Bertz CT molecular complexity index is 1170. The number of amides is 1. The highest BCUT2D eigenvalue weighted by molar-refractivity contribution is 5.97. The van der Waals surface area contributed by atoms with Crippen LogP contribution in [0.2, 0.25) is 0 Å². The van der Waals surface area contributed by atoms with E-state index in [1.54, 1.807) is 11.7 Å². The molecular weight excluding hydrogens is 376 g/mol. The van der Waals surface area contributed by atoms with E-state index in [9.17, 15) is 9.59 Å². The Balaban J connectivity index is 1.65. The summed E-state index contributed by atoms with van der Waals surface area (Å²) >= 11 is 0. The molecule has 1 aliphatic carbocycles. The number of aromatic nitrogens is 1. The molecule has 2 atom stereocenters. The van der Waals surface area contributed by atoms with Crippen LogP contribution in [0.3, 0.4) is 0 Å².